The number of nitrogens with one attached hydrogen (secondary N) is 1. The molecule has 0 bridgehead atoms. The molecule has 1 saturated carbocycles. The van der Waals surface area contributed by atoms with Gasteiger partial charge in [0.25, 0.3) is 0 Å². The maximum Gasteiger partial charge on any atom is 0.134 e. The molecule has 1 N–H and O–H groups in total. The van der Waals surface area contributed by atoms with Gasteiger partial charge in [-0.15, -0.1) is 0 Å². The van der Waals surface area contributed by atoms with Crippen LogP contribution in [0.3, 0.4) is 0 Å². The zero-order valence-corrected chi connectivity index (χ0v) is 11.7. The third-order valence-electron chi connectivity index (χ3n) is 4.11. The molecule has 1 aliphatic carbocycles. The molecule has 2 heterocycles. The van der Waals surface area contributed by atoms with Crippen LogP contribution in [-0.4, -0.2) is 42.3 Å². The molecule has 2 fully saturated rings. The Bertz CT molecular complexity index is 449. The highest BCUT2D eigenvalue weighted by molar-refractivity contribution is 5.50. The smallest absolute Gasteiger partial charge is 0.134 e. The van der Waals surface area contributed by atoms with Crippen molar-refractivity contribution < 1.29 is 4.74 Å². The maximum atomic E-state index is 5.92. The molecule has 1 saturated heterocycles. The molecule has 19 heavy (non-hydrogen) atoms. The maximum absolute atomic E-state index is 5.92. The lowest BCUT2D eigenvalue weighted by atomic mass is 9.90. The lowest BCUT2D eigenvalue weighted by Crippen LogP contribution is -2.53. The van der Waals surface area contributed by atoms with Gasteiger partial charge in [-0.05, 0) is 19.8 Å². The van der Waals surface area contributed by atoms with Gasteiger partial charge in [-0.25, -0.2) is 9.97 Å². The van der Waals surface area contributed by atoms with Gasteiger partial charge in [0.1, 0.15) is 17.5 Å². The number of anilines is 2. The Balaban J connectivity index is 1.89. The monoisotopic (exact) mass is 262 g/mol. The highest BCUT2D eigenvalue weighted by Gasteiger charge is 2.35. The van der Waals surface area contributed by atoms with Gasteiger partial charge >= 0.3 is 0 Å². The summed E-state index contributed by atoms with van der Waals surface area (Å²) in [6, 6.07) is 2.53. The Kier molecular flexibility index (Phi) is 3.55. The molecule has 3 rings (SSSR count). The van der Waals surface area contributed by atoms with Crippen molar-refractivity contribution in [3.05, 3.63) is 11.9 Å². The molecule has 2 aliphatic rings. The molecule has 104 valence electrons. The van der Waals surface area contributed by atoms with Crippen LogP contribution < -0.4 is 10.2 Å². The van der Waals surface area contributed by atoms with E-state index in [1.807, 2.05) is 20.0 Å². The van der Waals surface area contributed by atoms with Crippen LogP contribution in [0.15, 0.2) is 6.07 Å². The molecule has 5 nitrogen and oxygen atoms in total. The lowest BCUT2D eigenvalue weighted by Gasteiger charge is -2.44. The molecular weight excluding hydrogens is 240 g/mol. The molecule has 0 amide bonds. The highest BCUT2D eigenvalue weighted by Crippen LogP contribution is 2.31. The third kappa shape index (κ3) is 2.52. The number of hydrogen-bond donors (Lipinski definition) is 1. The van der Waals surface area contributed by atoms with Gasteiger partial charge < -0.3 is 15.0 Å². The van der Waals surface area contributed by atoms with E-state index in [0.29, 0.717) is 12.1 Å². The van der Waals surface area contributed by atoms with E-state index >= 15 is 0 Å². The van der Waals surface area contributed by atoms with E-state index in [4.69, 9.17) is 4.74 Å². The predicted octanol–water partition coefficient (Wildman–Crippen LogP) is 1.97. The first-order valence-corrected chi connectivity index (χ1v) is 7.19. The van der Waals surface area contributed by atoms with E-state index in [1.165, 1.54) is 25.7 Å². The zero-order chi connectivity index (χ0) is 13.2. The molecule has 0 radical (unpaired) electrons. The second-order valence-corrected chi connectivity index (χ2v) is 5.36. The van der Waals surface area contributed by atoms with Gasteiger partial charge in [-0.3, -0.25) is 0 Å². The van der Waals surface area contributed by atoms with Crippen LogP contribution in [0.1, 0.15) is 31.5 Å². The van der Waals surface area contributed by atoms with Gasteiger partial charge in [0.2, 0.25) is 0 Å². The van der Waals surface area contributed by atoms with Crippen LogP contribution in [0.4, 0.5) is 11.6 Å². The minimum absolute atomic E-state index is 0.385. The van der Waals surface area contributed by atoms with E-state index in [-0.39, 0.29) is 0 Å². The molecule has 5 heteroatoms. The number of hydrogen-bond acceptors (Lipinski definition) is 5. The number of rotatable bonds is 2. The average Bonchev–Trinajstić information content (AvgIpc) is 2.46. The van der Waals surface area contributed by atoms with Crippen molar-refractivity contribution in [3.63, 3.8) is 0 Å². The zero-order valence-electron chi connectivity index (χ0n) is 11.7. The number of aromatic nitrogens is 2. The van der Waals surface area contributed by atoms with Crippen LogP contribution in [0.5, 0.6) is 0 Å². The normalized spacial score (nSPS) is 26.9. The minimum Gasteiger partial charge on any atom is -0.374 e. The quantitative estimate of drug-likeness (QED) is 0.883. The third-order valence-corrected chi connectivity index (χ3v) is 4.11. The largest absolute Gasteiger partial charge is 0.374 e. The fraction of sp³-hybridized carbons (Fsp3) is 0.714. The van der Waals surface area contributed by atoms with Crippen molar-refractivity contribution >= 4 is 11.6 Å². The predicted molar refractivity (Wildman–Crippen MR) is 75.7 cm³/mol. The van der Waals surface area contributed by atoms with Crippen molar-refractivity contribution in [1.82, 2.24) is 9.97 Å². The van der Waals surface area contributed by atoms with Crippen molar-refractivity contribution in [2.45, 2.75) is 44.8 Å². The summed E-state index contributed by atoms with van der Waals surface area (Å²) in [6.07, 6.45) is 5.37. The summed E-state index contributed by atoms with van der Waals surface area (Å²) in [4.78, 5) is 11.4. The molecule has 2 unspecified atom stereocenters. The highest BCUT2D eigenvalue weighted by atomic mass is 16.5. The Morgan fingerprint density at radius 1 is 1.32 bits per heavy atom. The molecular formula is C14H22N4O. The molecule has 0 aromatic carbocycles. The molecule has 1 aromatic heterocycles. The molecule has 1 aromatic rings. The van der Waals surface area contributed by atoms with Crippen LogP contribution >= 0.6 is 0 Å². The van der Waals surface area contributed by atoms with Crippen LogP contribution in [-0.2, 0) is 4.74 Å². The summed E-state index contributed by atoms with van der Waals surface area (Å²) >= 11 is 0. The first kappa shape index (κ1) is 12.7. The van der Waals surface area contributed by atoms with Gasteiger partial charge in [-0.1, -0.05) is 12.8 Å². The Hall–Kier alpha value is -1.36. The van der Waals surface area contributed by atoms with Crippen molar-refractivity contribution in [3.8, 4) is 0 Å². The van der Waals surface area contributed by atoms with E-state index < -0.39 is 0 Å². The van der Waals surface area contributed by atoms with Gasteiger partial charge in [-0.2, -0.15) is 0 Å². The summed E-state index contributed by atoms with van der Waals surface area (Å²) < 4.78 is 5.92. The van der Waals surface area contributed by atoms with Crippen LogP contribution in [0.2, 0.25) is 0 Å². The SMILES string of the molecule is CNc1cc(N2CCOC3CCCCC32)nc(C)n1. The van der Waals surface area contributed by atoms with Gasteiger partial charge in [0.15, 0.2) is 0 Å². The van der Waals surface area contributed by atoms with Gasteiger partial charge in [0.05, 0.1) is 18.8 Å². The summed E-state index contributed by atoms with van der Waals surface area (Å²) in [5, 5.41) is 3.11. The number of aryl methyl sites for hydroxylation is 1. The Labute approximate surface area is 114 Å². The van der Waals surface area contributed by atoms with Crippen molar-refractivity contribution in [2.24, 2.45) is 0 Å². The van der Waals surface area contributed by atoms with Crippen molar-refractivity contribution in [2.75, 3.05) is 30.4 Å². The van der Waals surface area contributed by atoms with Crippen LogP contribution in [0, 0.1) is 6.92 Å². The second-order valence-electron chi connectivity index (χ2n) is 5.36. The summed E-state index contributed by atoms with van der Waals surface area (Å²) in [6.45, 7) is 3.68. The average molecular weight is 262 g/mol. The Morgan fingerprint density at radius 3 is 3.00 bits per heavy atom. The summed E-state index contributed by atoms with van der Waals surface area (Å²) in [7, 11) is 1.90. The molecule has 1 aliphatic heterocycles. The first-order valence-electron chi connectivity index (χ1n) is 7.19. The topological polar surface area (TPSA) is 50.3 Å². The van der Waals surface area contributed by atoms with E-state index in [0.717, 1.165) is 30.6 Å². The summed E-state index contributed by atoms with van der Waals surface area (Å²) in [5.41, 5.74) is 0. The molecule has 0 spiro atoms. The fourth-order valence-corrected chi connectivity index (χ4v) is 3.21. The number of nitrogens with zero attached hydrogens (tertiary/aromatic N) is 3. The van der Waals surface area contributed by atoms with Gasteiger partial charge in [0, 0.05) is 19.7 Å². The first-order chi connectivity index (χ1) is 9.28. The van der Waals surface area contributed by atoms with Crippen molar-refractivity contribution in [1.29, 1.82) is 0 Å². The number of ether oxygens (including phenoxy) is 1. The lowest BCUT2D eigenvalue weighted by molar-refractivity contribution is -0.00900. The second kappa shape index (κ2) is 5.33. The van der Waals surface area contributed by atoms with E-state index in [2.05, 4.69) is 20.2 Å². The van der Waals surface area contributed by atoms with E-state index in [1.54, 1.807) is 0 Å². The Morgan fingerprint density at radius 2 is 2.16 bits per heavy atom. The van der Waals surface area contributed by atoms with Crippen LogP contribution in [0.25, 0.3) is 0 Å². The summed E-state index contributed by atoms with van der Waals surface area (Å²) in [5.74, 6) is 2.75. The number of morpholine rings is 1. The number of fused-ring (bicyclic) bond motifs is 1. The fourth-order valence-electron chi connectivity index (χ4n) is 3.21. The van der Waals surface area contributed by atoms with E-state index in [9.17, 15) is 0 Å². The molecule has 2 atom stereocenters. The standard InChI is InChI=1S/C14H22N4O/c1-10-16-13(15-2)9-14(17-10)18-7-8-19-12-6-4-3-5-11(12)18/h9,11-12H,3-8H2,1-2H3,(H,15,16,17). The minimum atomic E-state index is 0.385.